The molecule has 100 valence electrons. The summed E-state index contributed by atoms with van der Waals surface area (Å²) in [4.78, 5) is 17.4. The predicted octanol–water partition coefficient (Wildman–Crippen LogP) is 1.49. The van der Waals surface area contributed by atoms with E-state index in [9.17, 15) is 4.79 Å². The van der Waals surface area contributed by atoms with Gasteiger partial charge in [-0.2, -0.15) is 4.98 Å². The van der Waals surface area contributed by atoms with Crippen molar-refractivity contribution < 1.29 is 14.4 Å². The molecule has 2 heterocycles. The molecule has 1 atom stereocenters. The molecule has 0 radical (unpaired) electrons. The molecular weight excluding hydrogens is 234 g/mol. The van der Waals surface area contributed by atoms with E-state index < -0.39 is 5.97 Å². The number of carbonyl (C=O) groups is 1. The minimum absolute atomic E-state index is 0.222. The molecule has 1 aromatic heterocycles. The lowest BCUT2D eigenvalue weighted by Crippen LogP contribution is -2.38. The van der Waals surface area contributed by atoms with Gasteiger partial charge in [0.05, 0.1) is 12.5 Å². The SMILES string of the molecule is CC(C)c1nc(CN2CCCC(C(=O)O)C2)no1. The summed E-state index contributed by atoms with van der Waals surface area (Å²) in [5.41, 5.74) is 0. The van der Waals surface area contributed by atoms with Crippen molar-refractivity contribution in [1.82, 2.24) is 15.0 Å². The second kappa shape index (κ2) is 5.48. The number of carboxylic acid groups (broad SMARTS) is 1. The highest BCUT2D eigenvalue weighted by Crippen LogP contribution is 2.18. The van der Waals surface area contributed by atoms with Gasteiger partial charge in [-0.1, -0.05) is 19.0 Å². The predicted molar refractivity (Wildman–Crippen MR) is 64.0 cm³/mol. The van der Waals surface area contributed by atoms with Gasteiger partial charge in [0.15, 0.2) is 5.82 Å². The van der Waals surface area contributed by atoms with Crippen LogP contribution in [0.1, 0.15) is 44.3 Å². The molecule has 18 heavy (non-hydrogen) atoms. The number of likely N-dealkylation sites (tertiary alicyclic amines) is 1. The summed E-state index contributed by atoms with van der Waals surface area (Å²) in [5, 5.41) is 12.9. The van der Waals surface area contributed by atoms with Crippen molar-refractivity contribution in [3.05, 3.63) is 11.7 Å². The highest BCUT2D eigenvalue weighted by atomic mass is 16.5. The Morgan fingerprint density at radius 3 is 3.00 bits per heavy atom. The molecule has 1 saturated heterocycles. The van der Waals surface area contributed by atoms with E-state index in [1.807, 2.05) is 13.8 Å². The summed E-state index contributed by atoms with van der Waals surface area (Å²) in [6, 6.07) is 0. The topological polar surface area (TPSA) is 79.5 Å². The number of nitrogens with zero attached hydrogens (tertiary/aromatic N) is 3. The van der Waals surface area contributed by atoms with Crippen molar-refractivity contribution in [2.24, 2.45) is 5.92 Å². The van der Waals surface area contributed by atoms with Crippen LogP contribution in [0.15, 0.2) is 4.52 Å². The Hall–Kier alpha value is -1.43. The summed E-state index contributed by atoms with van der Waals surface area (Å²) >= 11 is 0. The summed E-state index contributed by atoms with van der Waals surface area (Å²) in [6.45, 7) is 6.04. The third-order valence-corrected chi connectivity index (χ3v) is 3.20. The van der Waals surface area contributed by atoms with E-state index in [4.69, 9.17) is 9.63 Å². The molecule has 0 aromatic carbocycles. The van der Waals surface area contributed by atoms with Crippen LogP contribution in [0.2, 0.25) is 0 Å². The average molecular weight is 253 g/mol. The summed E-state index contributed by atoms with van der Waals surface area (Å²) in [6.07, 6.45) is 1.67. The first-order valence-electron chi connectivity index (χ1n) is 6.34. The molecule has 0 aliphatic carbocycles. The van der Waals surface area contributed by atoms with Crippen LogP contribution in [0.4, 0.5) is 0 Å². The van der Waals surface area contributed by atoms with Crippen molar-refractivity contribution in [1.29, 1.82) is 0 Å². The minimum Gasteiger partial charge on any atom is -0.481 e. The maximum Gasteiger partial charge on any atom is 0.307 e. The Labute approximate surface area is 106 Å². The van der Waals surface area contributed by atoms with Gasteiger partial charge in [-0.25, -0.2) is 0 Å². The molecule has 1 aliphatic heterocycles. The van der Waals surface area contributed by atoms with E-state index in [1.165, 1.54) is 0 Å². The average Bonchev–Trinajstić information content (AvgIpc) is 2.78. The molecule has 1 unspecified atom stereocenters. The number of hydrogen-bond acceptors (Lipinski definition) is 5. The Morgan fingerprint density at radius 2 is 2.39 bits per heavy atom. The Balaban J connectivity index is 1.94. The summed E-state index contributed by atoms with van der Waals surface area (Å²) in [7, 11) is 0. The standard InChI is InChI=1S/C12H19N3O3/c1-8(2)11-13-10(14-18-11)7-15-5-3-4-9(6-15)12(16)17/h8-9H,3-7H2,1-2H3,(H,16,17). The van der Waals surface area contributed by atoms with Crippen LogP contribution in [-0.4, -0.2) is 39.2 Å². The van der Waals surface area contributed by atoms with Crippen LogP contribution >= 0.6 is 0 Å². The first-order chi connectivity index (χ1) is 8.56. The third kappa shape index (κ3) is 3.07. The number of aromatic nitrogens is 2. The van der Waals surface area contributed by atoms with E-state index in [0.29, 0.717) is 24.8 Å². The lowest BCUT2D eigenvalue weighted by molar-refractivity contribution is -0.143. The van der Waals surface area contributed by atoms with Gasteiger partial charge in [-0.05, 0) is 19.4 Å². The zero-order chi connectivity index (χ0) is 13.1. The molecule has 0 amide bonds. The van der Waals surface area contributed by atoms with E-state index in [0.717, 1.165) is 19.4 Å². The van der Waals surface area contributed by atoms with E-state index in [-0.39, 0.29) is 11.8 Å². The van der Waals surface area contributed by atoms with Gasteiger partial charge in [-0.15, -0.1) is 0 Å². The first kappa shape index (κ1) is 13.0. The molecular formula is C12H19N3O3. The number of piperidine rings is 1. The van der Waals surface area contributed by atoms with Gasteiger partial charge in [0.2, 0.25) is 5.89 Å². The zero-order valence-electron chi connectivity index (χ0n) is 10.8. The molecule has 1 aromatic rings. The Kier molecular flexibility index (Phi) is 3.96. The highest BCUT2D eigenvalue weighted by molar-refractivity contribution is 5.70. The van der Waals surface area contributed by atoms with Gasteiger partial charge in [0.1, 0.15) is 0 Å². The fourth-order valence-corrected chi connectivity index (χ4v) is 2.17. The van der Waals surface area contributed by atoms with E-state index in [1.54, 1.807) is 0 Å². The zero-order valence-corrected chi connectivity index (χ0v) is 10.8. The lowest BCUT2D eigenvalue weighted by atomic mass is 9.98. The minimum atomic E-state index is -0.712. The van der Waals surface area contributed by atoms with Crippen LogP contribution in [0.25, 0.3) is 0 Å². The molecule has 1 N–H and O–H groups in total. The molecule has 6 heteroatoms. The van der Waals surface area contributed by atoms with Crippen LogP contribution in [-0.2, 0) is 11.3 Å². The van der Waals surface area contributed by atoms with Crippen molar-refractivity contribution in [3.8, 4) is 0 Å². The fraction of sp³-hybridized carbons (Fsp3) is 0.750. The molecule has 0 saturated carbocycles. The number of rotatable bonds is 4. The van der Waals surface area contributed by atoms with Gasteiger partial charge in [0.25, 0.3) is 0 Å². The summed E-state index contributed by atoms with van der Waals surface area (Å²) < 4.78 is 5.14. The van der Waals surface area contributed by atoms with Crippen molar-refractivity contribution in [2.75, 3.05) is 13.1 Å². The molecule has 6 nitrogen and oxygen atoms in total. The smallest absolute Gasteiger partial charge is 0.307 e. The second-order valence-electron chi connectivity index (χ2n) is 5.12. The molecule has 0 bridgehead atoms. The normalized spacial score (nSPS) is 21.4. The van der Waals surface area contributed by atoms with Crippen molar-refractivity contribution in [2.45, 2.75) is 39.2 Å². The fourth-order valence-electron chi connectivity index (χ4n) is 2.17. The van der Waals surface area contributed by atoms with Crippen LogP contribution in [0.3, 0.4) is 0 Å². The van der Waals surface area contributed by atoms with Gasteiger partial charge < -0.3 is 9.63 Å². The first-order valence-corrected chi connectivity index (χ1v) is 6.34. The van der Waals surface area contributed by atoms with E-state index in [2.05, 4.69) is 15.0 Å². The van der Waals surface area contributed by atoms with Crippen molar-refractivity contribution >= 4 is 5.97 Å². The number of carboxylic acids is 1. The van der Waals surface area contributed by atoms with E-state index >= 15 is 0 Å². The van der Waals surface area contributed by atoms with Crippen LogP contribution in [0, 0.1) is 5.92 Å². The molecule has 0 spiro atoms. The largest absolute Gasteiger partial charge is 0.481 e. The number of aliphatic carboxylic acids is 1. The molecule has 1 aliphatic rings. The maximum absolute atomic E-state index is 11.0. The van der Waals surface area contributed by atoms with Gasteiger partial charge >= 0.3 is 5.97 Å². The van der Waals surface area contributed by atoms with Gasteiger partial charge in [0, 0.05) is 12.5 Å². The highest BCUT2D eigenvalue weighted by Gasteiger charge is 2.26. The third-order valence-electron chi connectivity index (χ3n) is 3.20. The number of hydrogen-bond donors (Lipinski definition) is 1. The second-order valence-corrected chi connectivity index (χ2v) is 5.12. The van der Waals surface area contributed by atoms with Crippen molar-refractivity contribution in [3.63, 3.8) is 0 Å². The maximum atomic E-state index is 11.0. The van der Waals surface area contributed by atoms with Crippen LogP contribution in [0.5, 0.6) is 0 Å². The Bertz CT molecular complexity index is 416. The van der Waals surface area contributed by atoms with Gasteiger partial charge in [-0.3, -0.25) is 9.69 Å². The quantitative estimate of drug-likeness (QED) is 0.875. The Morgan fingerprint density at radius 1 is 1.61 bits per heavy atom. The lowest BCUT2D eigenvalue weighted by Gasteiger charge is -2.29. The monoisotopic (exact) mass is 253 g/mol. The molecule has 1 fully saturated rings. The summed E-state index contributed by atoms with van der Waals surface area (Å²) in [5.74, 6) is 0.520. The van der Waals surface area contributed by atoms with Crippen LogP contribution < -0.4 is 0 Å². The molecule has 2 rings (SSSR count).